The quantitative estimate of drug-likeness (QED) is 0.697. The van der Waals surface area contributed by atoms with Crippen molar-refractivity contribution in [3.05, 3.63) is 0 Å². The number of alkyl halides is 1. The van der Waals surface area contributed by atoms with E-state index in [4.69, 9.17) is 5.11 Å². The van der Waals surface area contributed by atoms with Gasteiger partial charge in [-0.1, -0.05) is 0 Å². The molecule has 0 aromatic carbocycles. The summed E-state index contributed by atoms with van der Waals surface area (Å²) in [6, 6.07) is 0.277. The number of piperidine rings is 1. The Morgan fingerprint density at radius 2 is 2.46 bits per heavy atom. The molecular weight excluding hydrogens is 173 g/mol. The molecule has 0 amide bonds. The lowest BCUT2D eigenvalue weighted by Crippen LogP contribution is -2.46. The molecular formula is C9H16FNO2. The molecule has 1 aliphatic rings. The van der Waals surface area contributed by atoms with E-state index in [9.17, 15) is 9.18 Å². The zero-order valence-electron chi connectivity index (χ0n) is 7.87. The summed E-state index contributed by atoms with van der Waals surface area (Å²) >= 11 is 0. The molecule has 1 aliphatic heterocycles. The van der Waals surface area contributed by atoms with Gasteiger partial charge in [0.2, 0.25) is 0 Å². The van der Waals surface area contributed by atoms with Crippen LogP contribution in [-0.4, -0.2) is 47.7 Å². The van der Waals surface area contributed by atoms with Crippen LogP contribution in [0.25, 0.3) is 0 Å². The van der Waals surface area contributed by atoms with Crippen LogP contribution < -0.4 is 0 Å². The number of β-amino-alcohol motifs (C(OH)–C–C–N with tert-alkyl or cyclic N) is 1. The van der Waals surface area contributed by atoms with Gasteiger partial charge in [0.25, 0.3) is 0 Å². The highest BCUT2D eigenvalue weighted by Crippen LogP contribution is 2.14. The SMILES string of the molecule is CC1CCC(=O)CN1CC(O)CF. The summed E-state index contributed by atoms with van der Waals surface area (Å²) in [6.07, 6.45) is 0.481. The zero-order valence-corrected chi connectivity index (χ0v) is 7.87. The number of ketones is 1. The number of aliphatic hydroxyl groups is 1. The average molecular weight is 189 g/mol. The van der Waals surface area contributed by atoms with E-state index in [1.165, 1.54) is 0 Å². The highest BCUT2D eigenvalue weighted by molar-refractivity contribution is 5.81. The molecule has 4 heteroatoms. The smallest absolute Gasteiger partial charge is 0.146 e. The normalized spacial score (nSPS) is 27.6. The van der Waals surface area contributed by atoms with E-state index in [2.05, 4.69) is 0 Å². The molecule has 1 heterocycles. The fraction of sp³-hybridized carbons (Fsp3) is 0.889. The lowest BCUT2D eigenvalue weighted by molar-refractivity contribution is -0.124. The second-order valence-corrected chi connectivity index (χ2v) is 3.66. The molecule has 13 heavy (non-hydrogen) atoms. The van der Waals surface area contributed by atoms with E-state index in [-0.39, 0.29) is 18.4 Å². The first kappa shape index (κ1) is 10.6. The number of hydrogen-bond donors (Lipinski definition) is 1. The molecule has 1 N–H and O–H groups in total. The summed E-state index contributed by atoms with van der Waals surface area (Å²) in [5.74, 6) is 0.184. The number of rotatable bonds is 3. The second kappa shape index (κ2) is 4.67. The lowest BCUT2D eigenvalue weighted by Gasteiger charge is -2.33. The second-order valence-electron chi connectivity index (χ2n) is 3.66. The van der Waals surface area contributed by atoms with Gasteiger partial charge in [-0.25, -0.2) is 4.39 Å². The van der Waals surface area contributed by atoms with Crippen LogP contribution >= 0.6 is 0 Å². The van der Waals surface area contributed by atoms with Gasteiger partial charge in [-0.3, -0.25) is 9.69 Å². The van der Waals surface area contributed by atoms with Gasteiger partial charge in [0.15, 0.2) is 0 Å². The number of halogens is 1. The van der Waals surface area contributed by atoms with Gasteiger partial charge in [0.1, 0.15) is 12.5 Å². The molecule has 1 rings (SSSR count). The Morgan fingerprint density at radius 3 is 3.08 bits per heavy atom. The number of nitrogens with zero attached hydrogens (tertiary/aromatic N) is 1. The van der Waals surface area contributed by atoms with E-state index in [1.54, 1.807) is 0 Å². The molecule has 3 nitrogen and oxygen atoms in total. The summed E-state index contributed by atoms with van der Waals surface area (Å²) in [5.41, 5.74) is 0. The van der Waals surface area contributed by atoms with Gasteiger partial charge in [-0.15, -0.1) is 0 Å². The molecule has 0 bridgehead atoms. The first-order valence-electron chi connectivity index (χ1n) is 4.63. The third kappa shape index (κ3) is 3.04. The number of Topliss-reactive ketones (excluding diaryl/α,β-unsaturated/α-hetero) is 1. The van der Waals surface area contributed by atoms with Gasteiger partial charge in [0.05, 0.1) is 12.6 Å². The molecule has 0 aromatic heterocycles. The Labute approximate surface area is 77.5 Å². The van der Waals surface area contributed by atoms with E-state index < -0.39 is 12.8 Å². The highest BCUT2D eigenvalue weighted by Gasteiger charge is 2.24. The fourth-order valence-electron chi connectivity index (χ4n) is 1.58. The third-order valence-corrected chi connectivity index (χ3v) is 2.47. The number of carbonyl (C=O) groups is 1. The zero-order chi connectivity index (χ0) is 9.84. The fourth-order valence-corrected chi connectivity index (χ4v) is 1.58. The van der Waals surface area contributed by atoms with Crippen molar-refractivity contribution >= 4 is 5.78 Å². The van der Waals surface area contributed by atoms with Gasteiger partial charge in [0, 0.05) is 19.0 Å². The minimum absolute atomic E-state index is 0.184. The van der Waals surface area contributed by atoms with Crippen LogP contribution in [0.15, 0.2) is 0 Å². The molecule has 2 atom stereocenters. The third-order valence-electron chi connectivity index (χ3n) is 2.47. The van der Waals surface area contributed by atoms with Crippen LogP contribution in [0.3, 0.4) is 0 Å². The van der Waals surface area contributed by atoms with Crippen LogP contribution in [0.4, 0.5) is 4.39 Å². The topological polar surface area (TPSA) is 40.5 Å². The lowest BCUT2D eigenvalue weighted by atomic mass is 10.0. The summed E-state index contributed by atoms with van der Waals surface area (Å²) in [5, 5.41) is 9.09. The van der Waals surface area contributed by atoms with E-state index in [0.29, 0.717) is 13.0 Å². The molecule has 0 radical (unpaired) electrons. The van der Waals surface area contributed by atoms with E-state index in [0.717, 1.165) is 6.42 Å². The van der Waals surface area contributed by atoms with Gasteiger partial charge in [-0.2, -0.15) is 0 Å². The van der Waals surface area contributed by atoms with Gasteiger partial charge in [-0.05, 0) is 13.3 Å². The van der Waals surface area contributed by atoms with Crippen molar-refractivity contribution in [2.24, 2.45) is 0 Å². The molecule has 0 aliphatic carbocycles. The minimum atomic E-state index is -0.951. The van der Waals surface area contributed by atoms with Crippen molar-refractivity contribution in [2.75, 3.05) is 19.8 Å². The predicted octanol–water partition coefficient (Wildman–Crippen LogP) is 0.370. The Hall–Kier alpha value is -0.480. The number of likely N-dealkylation sites (tertiary alicyclic amines) is 1. The molecule has 0 spiro atoms. The monoisotopic (exact) mass is 189 g/mol. The largest absolute Gasteiger partial charge is 0.389 e. The average Bonchev–Trinajstić information content (AvgIpc) is 2.11. The maximum absolute atomic E-state index is 12.0. The van der Waals surface area contributed by atoms with Crippen molar-refractivity contribution in [1.82, 2.24) is 4.90 Å². The standard InChI is InChI=1S/C9H16FNO2/c1-7-2-3-8(12)5-11(7)6-9(13)4-10/h7,9,13H,2-6H2,1H3. The van der Waals surface area contributed by atoms with Crippen LogP contribution in [0.1, 0.15) is 19.8 Å². The van der Waals surface area contributed by atoms with Crippen molar-refractivity contribution in [1.29, 1.82) is 0 Å². The molecule has 76 valence electrons. The molecule has 0 saturated carbocycles. The molecule has 1 fully saturated rings. The summed E-state index contributed by atoms with van der Waals surface area (Å²) in [4.78, 5) is 12.9. The van der Waals surface area contributed by atoms with Crippen LogP contribution in [-0.2, 0) is 4.79 Å². The van der Waals surface area contributed by atoms with Crippen molar-refractivity contribution in [3.63, 3.8) is 0 Å². The summed E-state index contributed by atoms with van der Waals surface area (Å²) in [6.45, 7) is 1.89. The maximum atomic E-state index is 12.0. The van der Waals surface area contributed by atoms with Crippen LogP contribution in [0.5, 0.6) is 0 Å². The Balaban J connectivity index is 2.41. The number of aliphatic hydroxyl groups excluding tert-OH is 1. The summed E-state index contributed by atoms with van der Waals surface area (Å²) < 4.78 is 12.0. The van der Waals surface area contributed by atoms with Crippen molar-refractivity contribution in [2.45, 2.75) is 31.9 Å². The first-order chi connectivity index (χ1) is 6.13. The van der Waals surface area contributed by atoms with Gasteiger partial charge < -0.3 is 5.11 Å². The van der Waals surface area contributed by atoms with Crippen molar-refractivity contribution in [3.8, 4) is 0 Å². The van der Waals surface area contributed by atoms with E-state index >= 15 is 0 Å². The van der Waals surface area contributed by atoms with Crippen LogP contribution in [0, 0.1) is 0 Å². The molecule has 0 aromatic rings. The minimum Gasteiger partial charge on any atom is -0.389 e. The summed E-state index contributed by atoms with van der Waals surface area (Å²) in [7, 11) is 0. The molecule has 2 unspecified atom stereocenters. The van der Waals surface area contributed by atoms with Crippen LogP contribution in [0.2, 0.25) is 0 Å². The molecule has 1 saturated heterocycles. The number of hydrogen-bond acceptors (Lipinski definition) is 3. The Kier molecular flexibility index (Phi) is 3.81. The predicted molar refractivity (Wildman–Crippen MR) is 47.3 cm³/mol. The van der Waals surface area contributed by atoms with Gasteiger partial charge >= 0.3 is 0 Å². The Bertz CT molecular complexity index is 186. The Morgan fingerprint density at radius 1 is 1.77 bits per heavy atom. The maximum Gasteiger partial charge on any atom is 0.146 e. The first-order valence-corrected chi connectivity index (χ1v) is 4.63. The van der Waals surface area contributed by atoms with Crippen molar-refractivity contribution < 1.29 is 14.3 Å². The highest BCUT2D eigenvalue weighted by atomic mass is 19.1. The number of carbonyl (C=O) groups excluding carboxylic acids is 1. The van der Waals surface area contributed by atoms with E-state index in [1.807, 2.05) is 11.8 Å².